The third-order valence-corrected chi connectivity index (χ3v) is 1.61. The molecule has 0 aliphatic rings. The molecule has 0 aromatic heterocycles. The summed E-state index contributed by atoms with van der Waals surface area (Å²) in [6.45, 7) is 7.58. The van der Waals surface area contributed by atoms with Gasteiger partial charge in [-0.15, -0.1) is 0 Å². The van der Waals surface area contributed by atoms with Gasteiger partial charge in [0, 0.05) is 49.6 Å². The minimum atomic E-state index is 0. The Labute approximate surface area is 109 Å². The van der Waals surface area contributed by atoms with Gasteiger partial charge in [0.15, 0.2) is 0 Å². The SMILES string of the molecule is C=C(C)c1ccc(C)cc1O.[Ac]. The summed E-state index contributed by atoms with van der Waals surface area (Å²) in [5, 5.41) is 9.40. The van der Waals surface area contributed by atoms with Gasteiger partial charge in [-0.2, -0.15) is 0 Å². The number of hydrogen-bond acceptors (Lipinski definition) is 1. The van der Waals surface area contributed by atoms with Gasteiger partial charge in [-0.25, -0.2) is 0 Å². The maximum Gasteiger partial charge on any atom is 0.123 e. The first-order valence-corrected chi connectivity index (χ1v) is 3.57. The van der Waals surface area contributed by atoms with Crippen LogP contribution in [0.3, 0.4) is 0 Å². The molecular weight excluding hydrogens is 363 g/mol. The largest absolute Gasteiger partial charge is 0.507 e. The molecule has 1 radical (unpaired) electrons. The van der Waals surface area contributed by atoms with Crippen molar-refractivity contribution in [3.63, 3.8) is 0 Å². The smallest absolute Gasteiger partial charge is 0.123 e. The second kappa shape index (κ2) is 5.04. The quantitative estimate of drug-likeness (QED) is 0.801. The number of aromatic hydroxyl groups is 1. The molecule has 0 aliphatic carbocycles. The van der Waals surface area contributed by atoms with Crippen LogP contribution in [0.25, 0.3) is 5.57 Å². The molecule has 0 fully saturated rings. The van der Waals surface area contributed by atoms with Crippen molar-refractivity contribution in [3.8, 4) is 5.75 Å². The van der Waals surface area contributed by atoms with Gasteiger partial charge < -0.3 is 5.11 Å². The van der Waals surface area contributed by atoms with E-state index in [1.807, 2.05) is 26.0 Å². The summed E-state index contributed by atoms with van der Waals surface area (Å²) in [7, 11) is 0. The van der Waals surface area contributed by atoms with E-state index < -0.39 is 0 Å². The van der Waals surface area contributed by atoms with Gasteiger partial charge in [0.05, 0.1) is 0 Å². The summed E-state index contributed by atoms with van der Waals surface area (Å²) >= 11 is 0. The van der Waals surface area contributed by atoms with E-state index in [4.69, 9.17) is 0 Å². The van der Waals surface area contributed by atoms with Crippen LogP contribution in [0.4, 0.5) is 0 Å². The van der Waals surface area contributed by atoms with E-state index in [0.29, 0.717) is 5.75 Å². The summed E-state index contributed by atoms with van der Waals surface area (Å²) in [5.74, 6) is 0.317. The Hall–Kier alpha value is 0.202. The number of rotatable bonds is 1. The van der Waals surface area contributed by atoms with E-state index in [-0.39, 0.29) is 44.1 Å². The van der Waals surface area contributed by atoms with Crippen molar-refractivity contribution >= 4 is 5.57 Å². The zero-order valence-corrected chi connectivity index (χ0v) is 12.2. The molecule has 0 saturated carbocycles. The number of phenolic OH excluding ortho intramolecular Hbond substituents is 1. The van der Waals surface area contributed by atoms with Crippen LogP contribution >= 0.6 is 0 Å². The molecule has 1 nitrogen and oxygen atoms in total. The number of aryl methyl sites for hydroxylation is 1. The average Bonchev–Trinajstić information content (AvgIpc) is 1.85. The monoisotopic (exact) mass is 375 g/mol. The summed E-state index contributed by atoms with van der Waals surface area (Å²) in [4.78, 5) is 0. The number of benzene rings is 1. The standard InChI is InChI=1S/C10H12O.Ac/c1-7(2)9-5-4-8(3)6-10(9)11;/h4-6,11H,1H2,2-3H3;. The maximum absolute atomic E-state index is 9.40. The third kappa shape index (κ3) is 2.92. The molecule has 1 aromatic rings. The van der Waals surface area contributed by atoms with Crippen LogP contribution in [-0.2, 0) is 0 Å². The molecule has 1 rings (SSSR count). The predicted molar refractivity (Wildman–Crippen MR) is 47.6 cm³/mol. The summed E-state index contributed by atoms with van der Waals surface area (Å²) in [6.07, 6.45) is 0. The third-order valence-electron chi connectivity index (χ3n) is 1.61. The molecule has 0 amide bonds. The molecule has 2 heteroatoms. The fourth-order valence-electron chi connectivity index (χ4n) is 1.00. The van der Waals surface area contributed by atoms with Gasteiger partial charge in [0.2, 0.25) is 0 Å². The second-order valence-corrected chi connectivity index (χ2v) is 2.80. The Kier molecular flexibility index (Phi) is 5.13. The van der Waals surface area contributed by atoms with Crippen molar-refractivity contribution in [1.82, 2.24) is 0 Å². The van der Waals surface area contributed by atoms with Gasteiger partial charge in [0.1, 0.15) is 5.75 Å². The maximum atomic E-state index is 9.40. The molecule has 0 spiro atoms. The molecule has 0 unspecified atom stereocenters. The first-order valence-electron chi connectivity index (χ1n) is 3.57. The minimum Gasteiger partial charge on any atom is -0.507 e. The van der Waals surface area contributed by atoms with Crippen molar-refractivity contribution < 1.29 is 49.2 Å². The van der Waals surface area contributed by atoms with Crippen molar-refractivity contribution in [3.05, 3.63) is 35.9 Å². The van der Waals surface area contributed by atoms with E-state index in [2.05, 4.69) is 6.58 Å². The molecule has 0 atom stereocenters. The van der Waals surface area contributed by atoms with E-state index in [9.17, 15) is 5.11 Å². The van der Waals surface area contributed by atoms with Gasteiger partial charge in [-0.3, -0.25) is 0 Å². The summed E-state index contributed by atoms with van der Waals surface area (Å²) < 4.78 is 0. The zero-order chi connectivity index (χ0) is 8.43. The minimum absolute atomic E-state index is 0. The predicted octanol–water partition coefficient (Wildman–Crippen LogP) is 2.73. The Morgan fingerprint density at radius 3 is 2.42 bits per heavy atom. The summed E-state index contributed by atoms with van der Waals surface area (Å²) in [6, 6.07) is 5.58. The van der Waals surface area contributed by atoms with Crippen molar-refractivity contribution in [2.24, 2.45) is 0 Å². The normalized spacial score (nSPS) is 8.83. The van der Waals surface area contributed by atoms with Crippen molar-refractivity contribution in [2.45, 2.75) is 13.8 Å². The topological polar surface area (TPSA) is 20.2 Å². The molecule has 0 bridgehead atoms. The van der Waals surface area contributed by atoms with E-state index in [1.165, 1.54) is 0 Å². The zero-order valence-electron chi connectivity index (χ0n) is 7.46. The van der Waals surface area contributed by atoms with Crippen LogP contribution < -0.4 is 0 Å². The molecule has 61 valence electrons. The second-order valence-electron chi connectivity index (χ2n) is 2.80. The number of allylic oxidation sites excluding steroid dienone is 1. The van der Waals surface area contributed by atoms with Crippen LogP contribution in [0.1, 0.15) is 18.1 Å². The molecule has 0 saturated heterocycles. The molecular formula is C10H12AcO. The van der Waals surface area contributed by atoms with Crippen molar-refractivity contribution in [2.75, 3.05) is 0 Å². The van der Waals surface area contributed by atoms with E-state index >= 15 is 0 Å². The van der Waals surface area contributed by atoms with Crippen LogP contribution in [0.15, 0.2) is 24.8 Å². The Morgan fingerprint density at radius 1 is 1.42 bits per heavy atom. The average molecular weight is 375 g/mol. The Bertz CT molecular complexity index is 292. The van der Waals surface area contributed by atoms with E-state index in [0.717, 1.165) is 16.7 Å². The van der Waals surface area contributed by atoms with Gasteiger partial charge in [-0.05, 0) is 31.1 Å². The first kappa shape index (κ1) is 12.2. The number of hydrogen-bond donors (Lipinski definition) is 1. The van der Waals surface area contributed by atoms with Crippen LogP contribution in [0, 0.1) is 51.0 Å². The van der Waals surface area contributed by atoms with Gasteiger partial charge in [-0.1, -0.05) is 18.7 Å². The fraction of sp³-hybridized carbons (Fsp3) is 0.200. The molecule has 0 aliphatic heterocycles. The molecule has 1 aromatic carbocycles. The summed E-state index contributed by atoms with van der Waals surface area (Å²) in [5.41, 5.74) is 2.78. The molecule has 1 N–H and O–H groups in total. The van der Waals surface area contributed by atoms with E-state index in [1.54, 1.807) is 6.07 Å². The molecule has 0 heterocycles. The van der Waals surface area contributed by atoms with Crippen molar-refractivity contribution in [1.29, 1.82) is 0 Å². The number of phenols is 1. The van der Waals surface area contributed by atoms with Gasteiger partial charge >= 0.3 is 0 Å². The van der Waals surface area contributed by atoms with Crippen LogP contribution in [-0.4, -0.2) is 5.11 Å². The Morgan fingerprint density at radius 2 is 2.00 bits per heavy atom. The first-order chi connectivity index (χ1) is 5.11. The molecule has 12 heavy (non-hydrogen) atoms. The van der Waals surface area contributed by atoms with Crippen LogP contribution in [0.2, 0.25) is 0 Å². The van der Waals surface area contributed by atoms with Gasteiger partial charge in [0.25, 0.3) is 0 Å². The van der Waals surface area contributed by atoms with Crippen LogP contribution in [0.5, 0.6) is 5.75 Å². The fourth-order valence-corrected chi connectivity index (χ4v) is 1.00. The Balaban J connectivity index is 0.00000121.